The number of aryl methyl sites for hydroxylation is 1. The van der Waals surface area contributed by atoms with E-state index < -0.39 is 0 Å². The van der Waals surface area contributed by atoms with Crippen LogP contribution in [-0.2, 0) is 6.54 Å². The number of anilines is 1. The van der Waals surface area contributed by atoms with Gasteiger partial charge in [0.25, 0.3) is 0 Å². The van der Waals surface area contributed by atoms with Crippen LogP contribution in [0.15, 0.2) is 12.3 Å². The average Bonchev–Trinajstić information content (AvgIpc) is 2.78. The highest BCUT2D eigenvalue weighted by molar-refractivity contribution is 5.54. The fraction of sp³-hybridized carbons (Fsp3) is 0.667. The molecule has 0 radical (unpaired) electrons. The van der Waals surface area contributed by atoms with Gasteiger partial charge in [0.05, 0.1) is 0 Å². The number of nitrogens with zero attached hydrogens (tertiary/aromatic N) is 2. The predicted octanol–water partition coefficient (Wildman–Crippen LogP) is 2.74. The monoisotopic (exact) mass is 247 g/mol. The van der Waals surface area contributed by atoms with Crippen molar-refractivity contribution in [2.24, 2.45) is 5.92 Å². The van der Waals surface area contributed by atoms with E-state index in [0.29, 0.717) is 0 Å². The van der Waals surface area contributed by atoms with Crippen LogP contribution in [0.5, 0.6) is 0 Å². The molecule has 0 bridgehead atoms. The van der Waals surface area contributed by atoms with Crippen molar-refractivity contribution in [3.8, 4) is 0 Å². The van der Waals surface area contributed by atoms with E-state index in [9.17, 15) is 0 Å². The number of pyridine rings is 1. The zero-order valence-corrected chi connectivity index (χ0v) is 11.9. The van der Waals surface area contributed by atoms with E-state index in [-0.39, 0.29) is 0 Å². The fourth-order valence-electron chi connectivity index (χ4n) is 2.56. The van der Waals surface area contributed by atoms with Crippen LogP contribution in [-0.4, -0.2) is 24.6 Å². The maximum atomic E-state index is 4.44. The second kappa shape index (κ2) is 6.19. The molecule has 0 saturated carbocycles. The molecule has 0 aliphatic carbocycles. The molecular weight excluding hydrogens is 222 g/mol. The van der Waals surface area contributed by atoms with Gasteiger partial charge in [-0.1, -0.05) is 13.8 Å². The molecule has 2 heterocycles. The number of aromatic nitrogens is 1. The third-order valence-electron chi connectivity index (χ3n) is 3.61. The third kappa shape index (κ3) is 3.22. The smallest absolute Gasteiger partial charge is 0.0445 e. The van der Waals surface area contributed by atoms with Gasteiger partial charge in [-0.25, -0.2) is 0 Å². The summed E-state index contributed by atoms with van der Waals surface area (Å²) in [5, 5.41) is 3.48. The van der Waals surface area contributed by atoms with Gasteiger partial charge < -0.3 is 10.2 Å². The van der Waals surface area contributed by atoms with Gasteiger partial charge in [0, 0.05) is 42.8 Å². The van der Waals surface area contributed by atoms with Crippen molar-refractivity contribution in [2.75, 3.05) is 24.5 Å². The minimum Gasteiger partial charge on any atom is -0.371 e. The quantitative estimate of drug-likeness (QED) is 0.811. The van der Waals surface area contributed by atoms with Crippen LogP contribution < -0.4 is 10.2 Å². The Morgan fingerprint density at radius 3 is 3.00 bits per heavy atom. The highest BCUT2D eigenvalue weighted by Crippen LogP contribution is 2.27. The molecule has 1 aromatic heterocycles. The van der Waals surface area contributed by atoms with Crippen molar-refractivity contribution in [1.82, 2.24) is 10.3 Å². The molecule has 0 amide bonds. The van der Waals surface area contributed by atoms with Crippen LogP contribution in [0.2, 0.25) is 0 Å². The summed E-state index contributed by atoms with van der Waals surface area (Å²) in [7, 11) is 0. The molecule has 3 heteroatoms. The van der Waals surface area contributed by atoms with Crippen LogP contribution in [0.1, 0.15) is 37.9 Å². The van der Waals surface area contributed by atoms with Crippen LogP contribution in [0.25, 0.3) is 0 Å². The van der Waals surface area contributed by atoms with E-state index in [1.807, 2.05) is 6.20 Å². The Morgan fingerprint density at radius 1 is 1.50 bits per heavy atom. The summed E-state index contributed by atoms with van der Waals surface area (Å²) >= 11 is 0. The Kier molecular flexibility index (Phi) is 4.59. The predicted molar refractivity (Wildman–Crippen MR) is 77.0 cm³/mol. The fourth-order valence-corrected chi connectivity index (χ4v) is 2.56. The molecular formula is C15H25N3. The molecule has 1 atom stereocenters. The summed E-state index contributed by atoms with van der Waals surface area (Å²) in [4.78, 5) is 6.96. The van der Waals surface area contributed by atoms with E-state index in [4.69, 9.17) is 0 Å². The number of hydrogen-bond acceptors (Lipinski definition) is 3. The third-order valence-corrected chi connectivity index (χ3v) is 3.61. The van der Waals surface area contributed by atoms with Crippen LogP contribution in [0.3, 0.4) is 0 Å². The molecule has 1 aromatic rings. The number of hydrogen-bond donors (Lipinski definition) is 1. The Morgan fingerprint density at radius 2 is 2.33 bits per heavy atom. The molecule has 0 spiro atoms. The molecule has 1 saturated heterocycles. The van der Waals surface area contributed by atoms with Crippen LogP contribution in [0.4, 0.5) is 5.69 Å². The largest absolute Gasteiger partial charge is 0.371 e. The summed E-state index contributed by atoms with van der Waals surface area (Å²) in [6.45, 7) is 11.0. The molecule has 1 N–H and O–H groups in total. The highest BCUT2D eigenvalue weighted by atomic mass is 15.2. The summed E-state index contributed by atoms with van der Waals surface area (Å²) in [5.74, 6) is 0.815. The Hall–Kier alpha value is -1.09. The second-order valence-electron chi connectivity index (χ2n) is 5.47. The van der Waals surface area contributed by atoms with Crippen molar-refractivity contribution in [3.63, 3.8) is 0 Å². The van der Waals surface area contributed by atoms with Gasteiger partial charge in [0.2, 0.25) is 0 Å². The molecule has 2 rings (SSSR count). The number of nitrogens with one attached hydrogen (secondary N) is 1. The Bertz CT molecular complexity index is 389. The van der Waals surface area contributed by atoms with Gasteiger partial charge in [-0.15, -0.1) is 0 Å². The van der Waals surface area contributed by atoms with Crippen LogP contribution >= 0.6 is 0 Å². The van der Waals surface area contributed by atoms with E-state index in [2.05, 4.69) is 42.0 Å². The Balaban J connectivity index is 2.13. The first-order valence-corrected chi connectivity index (χ1v) is 7.12. The van der Waals surface area contributed by atoms with E-state index >= 15 is 0 Å². The SMILES string of the molecule is CCCNCc1cnc(C)cc1N1CCC(C)C1. The normalized spacial score (nSPS) is 19.5. The van der Waals surface area contributed by atoms with Gasteiger partial charge in [-0.2, -0.15) is 0 Å². The summed E-state index contributed by atoms with van der Waals surface area (Å²) in [6.07, 6.45) is 4.52. The van der Waals surface area contributed by atoms with E-state index in [0.717, 1.165) is 24.7 Å². The summed E-state index contributed by atoms with van der Waals surface area (Å²) < 4.78 is 0. The lowest BCUT2D eigenvalue weighted by Crippen LogP contribution is -2.23. The molecule has 100 valence electrons. The zero-order chi connectivity index (χ0) is 13.0. The van der Waals surface area contributed by atoms with E-state index in [1.54, 1.807) is 0 Å². The molecule has 1 unspecified atom stereocenters. The lowest BCUT2D eigenvalue weighted by atomic mass is 10.1. The lowest BCUT2D eigenvalue weighted by molar-refractivity contribution is 0.656. The average molecular weight is 247 g/mol. The zero-order valence-electron chi connectivity index (χ0n) is 11.9. The van der Waals surface area contributed by atoms with Crippen molar-refractivity contribution in [2.45, 2.75) is 40.2 Å². The lowest BCUT2D eigenvalue weighted by Gasteiger charge is -2.22. The van der Waals surface area contributed by atoms with Crippen molar-refractivity contribution < 1.29 is 0 Å². The Labute approximate surface area is 111 Å². The second-order valence-corrected chi connectivity index (χ2v) is 5.47. The molecule has 0 aromatic carbocycles. The van der Waals surface area contributed by atoms with Gasteiger partial charge in [-0.05, 0) is 38.3 Å². The molecule has 3 nitrogen and oxygen atoms in total. The summed E-state index contributed by atoms with van der Waals surface area (Å²) in [6, 6.07) is 2.24. The van der Waals surface area contributed by atoms with Gasteiger partial charge in [-0.3, -0.25) is 4.98 Å². The molecule has 1 aliphatic rings. The molecule has 1 fully saturated rings. The van der Waals surface area contributed by atoms with Crippen molar-refractivity contribution in [3.05, 3.63) is 23.5 Å². The van der Waals surface area contributed by atoms with Gasteiger partial charge in [0.15, 0.2) is 0 Å². The van der Waals surface area contributed by atoms with Crippen molar-refractivity contribution in [1.29, 1.82) is 0 Å². The minimum atomic E-state index is 0.815. The maximum Gasteiger partial charge on any atom is 0.0445 e. The first-order chi connectivity index (χ1) is 8.70. The standard InChI is InChI=1S/C15H25N3/c1-4-6-16-9-14-10-17-13(3)8-15(14)18-7-5-12(2)11-18/h8,10,12,16H,4-7,9,11H2,1-3H3. The van der Waals surface area contributed by atoms with Crippen LogP contribution in [0, 0.1) is 12.8 Å². The van der Waals surface area contributed by atoms with Gasteiger partial charge in [0.1, 0.15) is 0 Å². The van der Waals surface area contributed by atoms with Gasteiger partial charge >= 0.3 is 0 Å². The van der Waals surface area contributed by atoms with Crippen molar-refractivity contribution >= 4 is 5.69 Å². The minimum absolute atomic E-state index is 0.815. The van der Waals surface area contributed by atoms with E-state index in [1.165, 1.54) is 37.2 Å². The molecule has 18 heavy (non-hydrogen) atoms. The first kappa shape index (κ1) is 13.3. The number of rotatable bonds is 5. The maximum absolute atomic E-state index is 4.44. The molecule has 1 aliphatic heterocycles. The summed E-state index contributed by atoms with van der Waals surface area (Å²) in [5.41, 5.74) is 3.84. The first-order valence-electron chi connectivity index (χ1n) is 7.12. The highest BCUT2D eigenvalue weighted by Gasteiger charge is 2.21. The topological polar surface area (TPSA) is 28.2 Å².